The molecule has 1 aromatic carbocycles. The molecule has 1 aromatic rings. The van der Waals surface area contributed by atoms with E-state index in [0.717, 1.165) is 18.4 Å². The number of aliphatic hydroxyl groups is 1. The molecule has 144 valence electrons. The number of hydrogen-bond acceptors (Lipinski definition) is 4. The lowest BCUT2D eigenvalue weighted by molar-refractivity contribution is -0.139. The average molecular weight is 363 g/mol. The van der Waals surface area contributed by atoms with E-state index in [1.807, 2.05) is 42.2 Å². The topological polar surface area (TPSA) is 93.1 Å². The number of carbonyl (C=O) groups is 2. The predicted molar refractivity (Wildman–Crippen MR) is 98.8 cm³/mol. The first-order chi connectivity index (χ1) is 12.5. The summed E-state index contributed by atoms with van der Waals surface area (Å²) in [5.41, 5.74) is 1.05. The molecular formula is C19H29N3O4. The number of amides is 2. The zero-order valence-corrected chi connectivity index (χ0v) is 15.3. The predicted octanol–water partition coefficient (Wildman–Crippen LogP) is 1.52. The van der Waals surface area contributed by atoms with Crippen molar-refractivity contribution < 1.29 is 19.8 Å². The lowest BCUT2D eigenvalue weighted by Crippen LogP contribution is -2.56. The fraction of sp³-hybridized carbons (Fsp3) is 0.579. The number of carbonyl (C=O) groups excluding carboxylic acids is 1. The van der Waals surface area contributed by atoms with Gasteiger partial charge in [0.2, 0.25) is 0 Å². The Bertz CT molecular complexity index is 575. The average Bonchev–Trinajstić information content (AvgIpc) is 2.60. The summed E-state index contributed by atoms with van der Waals surface area (Å²) in [4.78, 5) is 27.1. The molecule has 0 radical (unpaired) electrons. The van der Waals surface area contributed by atoms with Crippen molar-refractivity contribution >= 4 is 12.0 Å². The van der Waals surface area contributed by atoms with E-state index in [9.17, 15) is 9.59 Å². The molecule has 1 fully saturated rings. The van der Waals surface area contributed by atoms with Gasteiger partial charge in [0, 0.05) is 31.8 Å². The van der Waals surface area contributed by atoms with Gasteiger partial charge in [0.25, 0.3) is 0 Å². The van der Waals surface area contributed by atoms with Crippen LogP contribution in [0.1, 0.15) is 31.7 Å². The molecule has 0 bridgehead atoms. The van der Waals surface area contributed by atoms with E-state index in [1.54, 1.807) is 4.90 Å². The summed E-state index contributed by atoms with van der Waals surface area (Å²) in [5, 5.41) is 21.1. The van der Waals surface area contributed by atoms with E-state index in [2.05, 4.69) is 5.32 Å². The van der Waals surface area contributed by atoms with Gasteiger partial charge in [0.05, 0.1) is 6.54 Å². The summed E-state index contributed by atoms with van der Waals surface area (Å²) < 4.78 is 0. The minimum atomic E-state index is -0.822. The summed E-state index contributed by atoms with van der Waals surface area (Å²) in [6, 6.07) is 9.92. The molecule has 0 aliphatic heterocycles. The van der Waals surface area contributed by atoms with Crippen LogP contribution in [0, 0.1) is 0 Å². The van der Waals surface area contributed by atoms with Gasteiger partial charge in [-0.05, 0) is 31.4 Å². The molecule has 1 aliphatic rings. The first kappa shape index (κ1) is 20.2. The zero-order chi connectivity index (χ0) is 18.9. The van der Waals surface area contributed by atoms with Gasteiger partial charge in [0.1, 0.15) is 0 Å². The van der Waals surface area contributed by atoms with Gasteiger partial charge in [-0.1, -0.05) is 37.3 Å². The van der Waals surface area contributed by atoms with Crippen LogP contribution in [0.5, 0.6) is 0 Å². The molecule has 0 spiro atoms. The molecule has 2 rings (SSSR count). The summed E-state index contributed by atoms with van der Waals surface area (Å²) in [7, 11) is 0. The highest BCUT2D eigenvalue weighted by atomic mass is 16.4. The number of aliphatic hydroxyl groups excluding tert-OH is 1. The van der Waals surface area contributed by atoms with Crippen molar-refractivity contribution in [3.63, 3.8) is 0 Å². The third-order valence-electron chi connectivity index (χ3n) is 4.79. The maximum absolute atomic E-state index is 12.6. The van der Waals surface area contributed by atoms with Gasteiger partial charge >= 0.3 is 12.0 Å². The van der Waals surface area contributed by atoms with E-state index >= 15 is 0 Å². The van der Waals surface area contributed by atoms with E-state index in [4.69, 9.17) is 10.2 Å². The summed E-state index contributed by atoms with van der Waals surface area (Å²) in [5.74, 6) is -0.822. The van der Waals surface area contributed by atoms with E-state index < -0.39 is 5.97 Å². The van der Waals surface area contributed by atoms with Crippen LogP contribution in [0.15, 0.2) is 30.3 Å². The smallest absolute Gasteiger partial charge is 0.317 e. The van der Waals surface area contributed by atoms with Gasteiger partial charge in [0.15, 0.2) is 0 Å². The number of nitrogens with one attached hydrogen (secondary N) is 1. The Balaban J connectivity index is 1.84. The highest BCUT2D eigenvalue weighted by molar-refractivity contribution is 5.74. The van der Waals surface area contributed by atoms with Crippen molar-refractivity contribution in [2.45, 2.75) is 44.8 Å². The Morgan fingerprint density at radius 1 is 1.23 bits per heavy atom. The van der Waals surface area contributed by atoms with Crippen molar-refractivity contribution in [3.05, 3.63) is 35.9 Å². The fourth-order valence-electron chi connectivity index (χ4n) is 3.26. The third kappa shape index (κ3) is 6.00. The molecule has 26 heavy (non-hydrogen) atoms. The summed E-state index contributed by atoms with van der Waals surface area (Å²) >= 11 is 0. The normalized spacial score (nSPS) is 19.0. The SMILES string of the molecule is CCN(CC(=O)O)C1CC(NC(=O)N(CCCO)Cc2ccccc2)C1. The summed E-state index contributed by atoms with van der Waals surface area (Å²) in [6.07, 6.45) is 2.08. The molecule has 0 aromatic heterocycles. The molecule has 3 N–H and O–H groups in total. The first-order valence-electron chi connectivity index (χ1n) is 9.19. The number of urea groups is 1. The minimum absolute atomic E-state index is 0.0401. The summed E-state index contributed by atoms with van der Waals surface area (Å²) in [6.45, 7) is 3.72. The van der Waals surface area contributed by atoms with Gasteiger partial charge < -0.3 is 20.4 Å². The maximum atomic E-state index is 12.6. The van der Waals surface area contributed by atoms with Crippen LogP contribution in [0.25, 0.3) is 0 Å². The van der Waals surface area contributed by atoms with Crippen molar-refractivity contribution in [1.82, 2.24) is 15.1 Å². The molecule has 0 heterocycles. The molecule has 7 heteroatoms. The Hall–Kier alpha value is -2.12. The number of likely N-dealkylation sites (N-methyl/N-ethyl adjacent to an activating group) is 1. The minimum Gasteiger partial charge on any atom is -0.480 e. The first-order valence-corrected chi connectivity index (χ1v) is 9.19. The molecular weight excluding hydrogens is 334 g/mol. The van der Waals surface area contributed by atoms with Crippen LogP contribution in [0.3, 0.4) is 0 Å². The second kappa shape index (κ2) is 10.1. The number of benzene rings is 1. The van der Waals surface area contributed by atoms with Crippen molar-refractivity contribution in [2.24, 2.45) is 0 Å². The molecule has 0 unspecified atom stereocenters. The molecule has 2 amide bonds. The van der Waals surface area contributed by atoms with Crippen LogP contribution < -0.4 is 5.32 Å². The number of rotatable bonds is 10. The second-order valence-corrected chi connectivity index (χ2v) is 6.71. The second-order valence-electron chi connectivity index (χ2n) is 6.71. The van der Waals surface area contributed by atoms with Crippen molar-refractivity contribution in [2.75, 3.05) is 26.2 Å². The molecule has 1 aliphatic carbocycles. The Kier molecular flexibility index (Phi) is 7.87. The monoisotopic (exact) mass is 363 g/mol. The number of nitrogens with zero attached hydrogens (tertiary/aromatic N) is 2. The highest BCUT2D eigenvalue weighted by Crippen LogP contribution is 2.25. The van der Waals surface area contributed by atoms with Crippen molar-refractivity contribution in [1.29, 1.82) is 0 Å². The maximum Gasteiger partial charge on any atom is 0.317 e. The Labute approximate surface area is 154 Å². The van der Waals surface area contributed by atoms with Gasteiger partial charge in [-0.2, -0.15) is 0 Å². The highest BCUT2D eigenvalue weighted by Gasteiger charge is 2.35. The van der Waals surface area contributed by atoms with Crippen LogP contribution in [-0.2, 0) is 11.3 Å². The molecule has 7 nitrogen and oxygen atoms in total. The standard InChI is InChI=1S/C19H29N3O4/c1-2-21(14-18(24)25)17-11-16(12-17)20-19(26)22(9-6-10-23)13-15-7-4-3-5-8-15/h3-5,7-8,16-17,23H,2,6,9-14H2,1H3,(H,20,26)(H,24,25). The number of aliphatic carboxylic acids is 1. The van der Waals surface area contributed by atoms with E-state index in [1.165, 1.54) is 0 Å². The Morgan fingerprint density at radius 3 is 2.50 bits per heavy atom. The van der Waals surface area contributed by atoms with Gasteiger partial charge in [-0.3, -0.25) is 9.69 Å². The van der Waals surface area contributed by atoms with E-state index in [0.29, 0.717) is 26.1 Å². The number of carboxylic acid groups (broad SMARTS) is 1. The molecule has 0 atom stereocenters. The third-order valence-corrected chi connectivity index (χ3v) is 4.79. The lowest BCUT2D eigenvalue weighted by Gasteiger charge is -2.42. The van der Waals surface area contributed by atoms with Gasteiger partial charge in [-0.25, -0.2) is 4.79 Å². The van der Waals surface area contributed by atoms with Crippen molar-refractivity contribution in [3.8, 4) is 0 Å². The molecule has 0 saturated heterocycles. The van der Waals surface area contributed by atoms with Crippen LogP contribution >= 0.6 is 0 Å². The molecule has 1 saturated carbocycles. The number of hydrogen-bond donors (Lipinski definition) is 3. The lowest BCUT2D eigenvalue weighted by atomic mass is 9.85. The largest absolute Gasteiger partial charge is 0.480 e. The van der Waals surface area contributed by atoms with Crippen LogP contribution in [0.4, 0.5) is 4.79 Å². The zero-order valence-electron chi connectivity index (χ0n) is 15.3. The van der Waals surface area contributed by atoms with Crippen LogP contribution in [-0.4, -0.2) is 70.3 Å². The van der Waals surface area contributed by atoms with Crippen LogP contribution in [0.2, 0.25) is 0 Å². The quantitative estimate of drug-likeness (QED) is 0.586. The number of carboxylic acids is 1. The fourth-order valence-corrected chi connectivity index (χ4v) is 3.26. The Morgan fingerprint density at radius 2 is 1.92 bits per heavy atom. The van der Waals surface area contributed by atoms with E-state index in [-0.39, 0.29) is 31.3 Å². The van der Waals surface area contributed by atoms with Gasteiger partial charge in [-0.15, -0.1) is 0 Å².